The molecule has 1 aromatic heterocycles. The Kier molecular flexibility index (Phi) is 3.98. The molecular formula is C13H12N4O4. The predicted molar refractivity (Wildman–Crippen MR) is 76.4 cm³/mol. The second-order valence-corrected chi connectivity index (χ2v) is 4.20. The summed E-state index contributed by atoms with van der Waals surface area (Å²) in [5.74, 6) is -0.855. The van der Waals surface area contributed by atoms with Gasteiger partial charge in [0.15, 0.2) is 0 Å². The van der Waals surface area contributed by atoms with Gasteiger partial charge in [0.05, 0.1) is 0 Å². The first-order chi connectivity index (χ1) is 9.95. The zero-order valence-electron chi connectivity index (χ0n) is 11.0. The number of benzene rings is 1. The van der Waals surface area contributed by atoms with Gasteiger partial charge in [-0.15, -0.1) is 0 Å². The van der Waals surface area contributed by atoms with Gasteiger partial charge in [-0.25, -0.2) is 4.79 Å². The lowest BCUT2D eigenvalue weighted by Crippen LogP contribution is -2.29. The number of anilines is 2. The topological polar surface area (TPSA) is 124 Å². The fraction of sp³-hybridized carbons (Fsp3) is 0.0769. The Hall–Kier alpha value is -3.16. The van der Waals surface area contributed by atoms with Crippen LogP contribution in [0.2, 0.25) is 0 Å². The van der Waals surface area contributed by atoms with E-state index in [4.69, 9.17) is 0 Å². The average molecular weight is 288 g/mol. The maximum Gasteiger partial charge on any atom is 0.325 e. The van der Waals surface area contributed by atoms with Crippen LogP contribution < -0.4 is 21.9 Å². The summed E-state index contributed by atoms with van der Waals surface area (Å²) in [6.07, 6.45) is 1.04. The van der Waals surface area contributed by atoms with Gasteiger partial charge in [0.25, 0.3) is 11.5 Å². The number of hydrogen-bond acceptors (Lipinski definition) is 4. The number of H-pyrrole nitrogens is 2. The summed E-state index contributed by atoms with van der Waals surface area (Å²) >= 11 is 0. The van der Waals surface area contributed by atoms with Gasteiger partial charge in [-0.2, -0.15) is 0 Å². The Balaban J connectivity index is 2.14. The largest absolute Gasteiger partial charge is 0.326 e. The third-order valence-corrected chi connectivity index (χ3v) is 2.53. The van der Waals surface area contributed by atoms with Crippen molar-refractivity contribution in [1.82, 2.24) is 9.97 Å². The number of aromatic amines is 2. The second kappa shape index (κ2) is 5.87. The number of carbonyl (C=O) groups excluding carboxylic acids is 2. The van der Waals surface area contributed by atoms with E-state index in [0.29, 0.717) is 11.4 Å². The molecule has 0 spiro atoms. The van der Waals surface area contributed by atoms with E-state index in [0.717, 1.165) is 6.20 Å². The van der Waals surface area contributed by atoms with Gasteiger partial charge in [-0.3, -0.25) is 19.4 Å². The van der Waals surface area contributed by atoms with E-state index >= 15 is 0 Å². The average Bonchev–Trinajstić information content (AvgIpc) is 2.40. The number of nitrogens with one attached hydrogen (secondary N) is 4. The minimum Gasteiger partial charge on any atom is -0.326 e. The van der Waals surface area contributed by atoms with Crippen LogP contribution in [0.4, 0.5) is 11.4 Å². The zero-order valence-corrected chi connectivity index (χ0v) is 11.0. The lowest BCUT2D eigenvalue weighted by atomic mass is 10.2. The summed E-state index contributed by atoms with van der Waals surface area (Å²) in [7, 11) is 0. The minimum absolute atomic E-state index is 0.202. The zero-order chi connectivity index (χ0) is 15.4. The third-order valence-electron chi connectivity index (χ3n) is 2.53. The molecule has 0 saturated carbocycles. The van der Waals surface area contributed by atoms with Crippen molar-refractivity contribution in [2.45, 2.75) is 6.92 Å². The molecule has 1 aromatic carbocycles. The Morgan fingerprint density at radius 2 is 1.57 bits per heavy atom. The number of rotatable bonds is 3. The molecule has 0 fully saturated rings. The standard InChI is InChI=1S/C13H12N4O4/c1-7(18)15-8-2-4-9(5-3-8)16-11(19)10-6-14-13(21)17-12(10)20/h2-6H,1H3,(H,15,18)(H,16,19)(H2,14,17,20,21). The summed E-state index contributed by atoms with van der Waals surface area (Å²) in [5.41, 5.74) is -0.634. The quantitative estimate of drug-likeness (QED) is 0.647. The molecule has 8 heteroatoms. The minimum atomic E-state index is -0.772. The maximum atomic E-state index is 11.9. The number of amides is 2. The van der Waals surface area contributed by atoms with Crippen LogP contribution in [0.5, 0.6) is 0 Å². The molecule has 1 heterocycles. The van der Waals surface area contributed by atoms with Crippen LogP contribution in [-0.2, 0) is 4.79 Å². The van der Waals surface area contributed by atoms with Crippen molar-refractivity contribution in [3.8, 4) is 0 Å². The molecular weight excluding hydrogens is 276 g/mol. The fourth-order valence-corrected chi connectivity index (χ4v) is 1.62. The van der Waals surface area contributed by atoms with Crippen molar-refractivity contribution in [1.29, 1.82) is 0 Å². The van der Waals surface area contributed by atoms with Crippen LogP contribution in [0.3, 0.4) is 0 Å². The van der Waals surface area contributed by atoms with Crippen LogP contribution in [0.15, 0.2) is 40.1 Å². The second-order valence-electron chi connectivity index (χ2n) is 4.20. The molecule has 0 aliphatic carbocycles. The molecule has 0 saturated heterocycles. The molecule has 4 N–H and O–H groups in total. The van der Waals surface area contributed by atoms with E-state index in [1.807, 2.05) is 4.98 Å². The smallest absolute Gasteiger partial charge is 0.325 e. The highest BCUT2D eigenvalue weighted by Gasteiger charge is 2.11. The maximum absolute atomic E-state index is 11.9. The highest BCUT2D eigenvalue weighted by Crippen LogP contribution is 2.13. The summed E-state index contributed by atoms with van der Waals surface area (Å²) in [4.78, 5) is 49.3. The third kappa shape index (κ3) is 3.66. The monoisotopic (exact) mass is 288 g/mol. The van der Waals surface area contributed by atoms with Gasteiger partial charge < -0.3 is 15.6 Å². The first kappa shape index (κ1) is 14.3. The lowest BCUT2D eigenvalue weighted by Gasteiger charge is -2.06. The van der Waals surface area contributed by atoms with Gasteiger partial charge in [-0.1, -0.05) is 0 Å². The van der Waals surface area contributed by atoms with Gasteiger partial charge >= 0.3 is 5.69 Å². The molecule has 0 bridgehead atoms. The first-order valence-electron chi connectivity index (χ1n) is 5.97. The molecule has 0 aliphatic rings. The summed E-state index contributed by atoms with van der Waals surface area (Å²) in [6.45, 7) is 1.39. The Bertz CT molecular complexity index is 789. The van der Waals surface area contributed by atoms with Crippen molar-refractivity contribution < 1.29 is 9.59 Å². The molecule has 0 radical (unpaired) electrons. The molecule has 2 aromatic rings. The van der Waals surface area contributed by atoms with Crippen molar-refractivity contribution >= 4 is 23.2 Å². The molecule has 108 valence electrons. The highest BCUT2D eigenvalue weighted by atomic mass is 16.2. The van der Waals surface area contributed by atoms with Crippen molar-refractivity contribution in [2.75, 3.05) is 10.6 Å². The van der Waals surface area contributed by atoms with Crippen LogP contribution in [0, 0.1) is 0 Å². The van der Waals surface area contributed by atoms with E-state index in [-0.39, 0.29) is 11.5 Å². The molecule has 2 rings (SSSR count). The highest BCUT2D eigenvalue weighted by molar-refractivity contribution is 6.03. The van der Waals surface area contributed by atoms with E-state index in [1.165, 1.54) is 6.92 Å². The van der Waals surface area contributed by atoms with E-state index < -0.39 is 17.2 Å². The summed E-state index contributed by atoms with van der Waals surface area (Å²) in [5, 5.41) is 5.09. The molecule has 0 aliphatic heterocycles. The molecule has 8 nitrogen and oxygen atoms in total. The molecule has 0 unspecified atom stereocenters. The van der Waals surface area contributed by atoms with Crippen molar-refractivity contribution in [2.24, 2.45) is 0 Å². The molecule has 0 atom stereocenters. The van der Waals surface area contributed by atoms with E-state index in [1.54, 1.807) is 24.3 Å². The van der Waals surface area contributed by atoms with Gasteiger partial charge in [0, 0.05) is 24.5 Å². The van der Waals surface area contributed by atoms with Crippen LogP contribution in [0.25, 0.3) is 0 Å². The van der Waals surface area contributed by atoms with Crippen molar-refractivity contribution in [3.05, 3.63) is 56.9 Å². The molecule has 2 amide bonds. The Morgan fingerprint density at radius 3 is 2.10 bits per heavy atom. The Morgan fingerprint density at radius 1 is 1.00 bits per heavy atom. The predicted octanol–water partition coefficient (Wildman–Crippen LogP) is 0.274. The number of hydrogen-bond donors (Lipinski definition) is 4. The van der Waals surface area contributed by atoms with Gasteiger partial charge in [0.1, 0.15) is 5.56 Å². The fourth-order valence-electron chi connectivity index (χ4n) is 1.62. The number of carbonyl (C=O) groups is 2. The van der Waals surface area contributed by atoms with Crippen LogP contribution in [0.1, 0.15) is 17.3 Å². The van der Waals surface area contributed by atoms with E-state index in [2.05, 4.69) is 15.6 Å². The molecule has 21 heavy (non-hydrogen) atoms. The van der Waals surface area contributed by atoms with Gasteiger partial charge in [0.2, 0.25) is 5.91 Å². The van der Waals surface area contributed by atoms with Crippen molar-refractivity contribution in [3.63, 3.8) is 0 Å². The first-order valence-corrected chi connectivity index (χ1v) is 5.97. The van der Waals surface area contributed by atoms with Crippen LogP contribution in [-0.4, -0.2) is 21.8 Å². The van der Waals surface area contributed by atoms with Gasteiger partial charge in [-0.05, 0) is 24.3 Å². The SMILES string of the molecule is CC(=O)Nc1ccc(NC(=O)c2c[nH]c(=O)[nH]c2=O)cc1. The normalized spacial score (nSPS) is 9.95. The summed E-state index contributed by atoms with van der Waals surface area (Å²) < 4.78 is 0. The lowest BCUT2D eigenvalue weighted by molar-refractivity contribution is -0.114. The summed E-state index contributed by atoms with van der Waals surface area (Å²) in [6, 6.07) is 6.36. The number of aromatic nitrogens is 2. The van der Waals surface area contributed by atoms with E-state index in [9.17, 15) is 19.2 Å². The Labute approximate surface area is 118 Å². The van der Waals surface area contributed by atoms with Crippen LogP contribution >= 0.6 is 0 Å².